The molecule has 1 rings (SSSR count). The van der Waals surface area contributed by atoms with Crippen LogP contribution < -0.4 is 4.74 Å². The van der Waals surface area contributed by atoms with E-state index in [2.05, 4.69) is 60.6 Å². The summed E-state index contributed by atoms with van der Waals surface area (Å²) in [5.41, 5.74) is 2.48. The highest BCUT2D eigenvalue weighted by Gasteiger charge is 2.32. The van der Waals surface area contributed by atoms with Crippen molar-refractivity contribution in [3.05, 3.63) is 29.3 Å². The average molecular weight is 489 g/mol. The van der Waals surface area contributed by atoms with Crippen molar-refractivity contribution in [2.75, 3.05) is 13.2 Å². The summed E-state index contributed by atoms with van der Waals surface area (Å²) < 4.78 is 11.3. The van der Waals surface area contributed by atoms with Crippen molar-refractivity contribution in [3.63, 3.8) is 0 Å². The summed E-state index contributed by atoms with van der Waals surface area (Å²) in [6.07, 6.45) is 6.41. The molecule has 35 heavy (non-hydrogen) atoms. The van der Waals surface area contributed by atoms with E-state index < -0.39 is 23.5 Å². The van der Waals surface area contributed by atoms with Crippen LogP contribution in [0.1, 0.15) is 118 Å². The highest BCUT2D eigenvalue weighted by Crippen LogP contribution is 2.38. The van der Waals surface area contributed by atoms with Gasteiger partial charge in [-0.1, -0.05) is 79.9 Å². The fraction of sp³-hybridized carbons (Fsp3) is 0.700. The molecule has 1 unspecified atom stereocenters. The van der Waals surface area contributed by atoms with Crippen LogP contribution in [0.3, 0.4) is 0 Å². The van der Waals surface area contributed by atoms with Gasteiger partial charge in [0.25, 0.3) is 0 Å². The minimum Gasteiger partial charge on any atom is -0.493 e. The minimum absolute atomic E-state index is 0.0500. The number of carbonyl (C=O) groups excluding carboxylic acids is 3. The van der Waals surface area contributed by atoms with Crippen molar-refractivity contribution in [2.45, 2.75) is 118 Å². The Morgan fingerprint density at radius 2 is 1.51 bits per heavy atom. The molecule has 0 fully saturated rings. The summed E-state index contributed by atoms with van der Waals surface area (Å²) in [6.45, 7) is 17.3. The maximum absolute atomic E-state index is 12.7. The normalized spacial score (nSPS) is 12.8. The topological polar surface area (TPSA) is 69.7 Å². The highest BCUT2D eigenvalue weighted by atomic mass is 16.5. The smallest absolute Gasteiger partial charge is 0.324 e. The first kappa shape index (κ1) is 30.9. The second-order valence-electron chi connectivity index (χ2n) is 10.9. The number of hydrogen-bond acceptors (Lipinski definition) is 5. The summed E-state index contributed by atoms with van der Waals surface area (Å²) in [6, 6.07) is 6.42. The third-order valence-electron chi connectivity index (χ3n) is 7.29. The SMILES string of the molecule is CCCCCCOC(=O)C(C(C)=O)C(=O)CCCOc1ccc(C(C)(C)CC)cc1C(C)(C)CC. The summed E-state index contributed by atoms with van der Waals surface area (Å²) in [5.74, 6) is -2.08. The van der Waals surface area contributed by atoms with Gasteiger partial charge in [-0.05, 0) is 55.1 Å². The summed E-state index contributed by atoms with van der Waals surface area (Å²) in [5, 5.41) is 0. The molecule has 5 heteroatoms. The van der Waals surface area contributed by atoms with Crippen LogP contribution in [0.4, 0.5) is 0 Å². The molecule has 0 saturated heterocycles. The molecular weight excluding hydrogens is 440 g/mol. The van der Waals surface area contributed by atoms with Crippen molar-refractivity contribution < 1.29 is 23.9 Å². The van der Waals surface area contributed by atoms with E-state index >= 15 is 0 Å². The first-order valence-corrected chi connectivity index (χ1v) is 13.4. The van der Waals surface area contributed by atoms with E-state index in [-0.39, 0.29) is 23.9 Å². The zero-order valence-corrected chi connectivity index (χ0v) is 23.4. The maximum Gasteiger partial charge on any atom is 0.324 e. The Morgan fingerprint density at radius 3 is 2.09 bits per heavy atom. The molecule has 0 heterocycles. The second-order valence-corrected chi connectivity index (χ2v) is 10.9. The lowest BCUT2D eigenvalue weighted by Gasteiger charge is -2.30. The minimum atomic E-state index is -1.33. The van der Waals surface area contributed by atoms with Crippen LogP contribution in [0, 0.1) is 5.92 Å². The first-order valence-electron chi connectivity index (χ1n) is 13.4. The molecule has 0 saturated carbocycles. The molecule has 1 aromatic rings. The van der Waals surface area contributed by atoms with Crippen molar-refractivity contribution in [2.24, 2.45) is 5.92 Å². The van der Waals surface area contributed by atoms with E-state index in [1.807, 2.05) is 6.07 Å². The van der Waals surface area contributed by atoms with Crippen LogP contribution in [0.5, 0.6) is 5.75 Å². The number of ketones is 2. The Morgan fingerprint density at radius 1 is 0.857 bits per heavy atom. The van der Waals surface area contributed by atoms with Crippen LogP contribution in [-0.4, -0.2) is 30.7 Å². The molecule has 0 spiro atoms. The summed E-state index contributed by atoms with van der Waals surface area (Å²) >= 11 is 0. The van der Waals surface area contributed by atoms with Gasteiger partial charge >= 0.3 is 5.97 Å². The van der Waals surface area contributed by atoms with Gasteiger partial charge in [0.2, 0.25) is 0 Å². The maximum atomic E-state index is 12.7. The Kier molecular flexibility index (Phi) is 12.7. The lowest BCUT2D eigenvalue weighted by atomic mass is 9.76. The zero-order chi connectivity index (χ0) is 26.6. The zero-order valence-electron chi connectivity index (χ0n) is 23.4. The van der Waals surface area contributed by atoms with Crippen molar-refractivity contribution in [3.8, 4) is 5.75 Å². The van der Waals surface area contributed by atoms with Gasteiger partial charge in [-0.3, -0.25) is 14.4 Å². The van der Waals surface area contributed by atoms with Gasteiger partial charge in [-0.15, -0.1) is 0 Å². The quantitative estimate of drug-likeness (QED) is 0.133. The average Bonchev–Trinajstić information content (AvgIpc) is 2.81. The van der Waals surface area contributed by atoms with Gasteiger partial charge in [-0.25, -0.2) is 0 Å². The first-order chi connectivity index (χ1) is 16.4. The van der Waals surface area contributed by atoms with E-state index in [9.17, 15) is 14.4 Å². The highest BCUT2D eigenvalue weighted by molar-refractivity contribution is 6.16. The monoisotopic (exact) mass is 488 g/mol. The van der Waals surface area contributed by atoms with E-state index in [1.165, 1.54) is 18.1 Å². The number of benzene rings is 1. The van der Waals surface area contributed by atoms with Gasteiger partial charge in [0.05, 0.1) is 13.2 Å². The molecule has 0 aromatic heterocycles. The third kappa shape index (κ3) is 9.42. The molecule has 0 radical (unpaired) electrons. The van der Waals surface area contributed by atoms with Crippen molar-refractivity contribution in [1.82, 2.24) is 0 Å². The molecule has 0 amide bonds. The predicted octanol–water partition coefficient (Wildman–Crippen LogP) is 7.12. The van der Waals surface area contributed by atoms with Crippen molar-refractivity contribution in [1.29, 1.82) is 0 Å². The van der Waals surface area contributed by atoms with Gasteiger partial charge in [-0.2, -0.15) is 0 Å². The number of unbranched alkanes of at least 4 members (excludes halogenated alkanes) is 3. The van der Waals surface area contributed by atoms with E-state index in [0.717, 1.165) is 44.3 Å². The molecule has 0 bridgehead atoms. The number of ether oxygens (including phenoxy) is 2. The van der Waals surface area contributed by atoms with Crippen LogP contribution in [0.15, 0.2) is 18.2 Å². The van der Waals surface area contributed by atoms with Crippen LogP contribution in [0.2, 0.25) is 0 Å². The fourth-order valence-electron chi connectivity index (χ4n) is 3.88. The number of carbonyl (C=O) groups is 3. The molecule has 1 atom stereocenters. The van der Waals surface area contributed by atoms with Gasteiger partial charge in [0.1, 0.15) is 5.75 Å². The summed E-state index contributed by atoms with van der Waals surface area (Å²) in [4.78, 5) is 37.0. The number of hydrogen-bond donors (Lipinski definition) is 0. The Hall–Kier alpha value is -2.17. The second kappa shape index (κ2) is 14.4. The van der Waals surface area contributed by atoms with E-state index in [1.54, 1.807) is 0 Å². The van der Waals surface area contributed by atoms with Gasteiger partial charge in [0, 0.05) is 12.0 Å². The molecule has 0 aliphatic heterocycles. The lowest BCUT2D eigenvalue weighted by Crippen LogP contribution is -2.32. The van der Waals surface area contributed by atoms with Crippen LogP contribution in [-0.2, 0) is 30.0 Å². The molecule has 198 valence electrons. The predicted molar refractivity (Wildman–Crippen MR) is 142 cm³/mol. The van der Waals surface area contributed by atoms with Gasteiger partial charge < -0.3 is 9.47 Å². The summed E-state index contributed by atoms with van der Waals surface area (Å²) in [7, 11) is 0. The molecule has 1 aromatic carbocycles. The van der Waals surface area contributed by atoms with Crippen molar-refractivity contribution >= 4 is 17.5 Å². The van der Waals surface area contributed by atoms with E-state index in [4.69, 9.17) is 9.47 Å². The van der Waals surface area contributed by atoms with Gasteiger partial charge in [0.15, 0.2) is 17.5 Å². The van der Waals surface area contributed by atoms with Crippen LogP contribution >= 0.6 is 0 Å². The molecule has 0 aliphatic carbocycles. The number of Topliss-reactive ketones (excluding diaryl/α,β-unsaturated/α-hetero) is 2. The largest absolute Gasteiger partial charge is 0.493 e. The molecular formula is C30H48O5. The third-order valence-corrected chi connectivity index (χ3v) is 7.29. The Balaban J connectivity index is 2.78. The standard InChI is InChI=1S/C30H48O5/c1-9-12-13-14-19-35-28(33)27(22(4)31)25(32)16-15-20-34-26-18-17-23(29(5,6)10-2)21-24(26)30(7,8)11-3/h17-18,21,27H,9-16,19-20H2,1-8H3. The lowest BCUT2D eigenvalue weighted by molar-refractivity contribution is -0.155. The molecule has 0 aliphatic rings. The van der Waals surface area contributed by atoms with E-state index in [0.29, 0.717) is 13.0 Å². The molecule has 0 N–H and O–H groups in total. The molecule has 5 nitrogen and oxygen atoms in total. The number of rotatable bonds is 17. The van der Waals surface area contributed by atoms with Crippen LogP contribution in [0.25, 0.3) is 0 Å². The number of esters is 1. The Bertz CT molecular complexity index is 837. The Labute approximate surface area is 213 Å². The fourth-order valence-corrected chi connectivity index (χ4v) is 3.88.